The number of phenolic OH excluding ortho intramolecular Hbond substituents is 1. The maximum atomic E-state index is 10.7. The molecule has 7 heteroatoms. The van der Waals surface area contributed by atoms with Crippen LogP contribution in [0, 0.1) is 10.7 Å². The molecule has 1 aliphatic heterocycles. The van der Waals surface area contributed by atoms with Gasteiger partial charge in [-0.1, -0.05) is 80.9 Å². The predicted octanol–water partition coefficient (Wildman–Crippen LogP) is 7.21. The monoisotopic (exact) mass is 534 g/mol. The quantitative estimate of drug-likeness (QED) is 0.200. The highest BCUT2D eigenvalue weighted by atomic mass is 32.9. The summed E-state index contributed by atoms with van der Waals surface area (Å²) in [5, 5.41) is 10.7. The van der Waals surface area contributed by atoms with Gasteiger partial charge in [0, 0.05) is 50.4 Å². The van der Waals surface area contributed by atoms with Gasteiger partial charge in [0.15, 0.2) is 0 Å². The fourth-order valence-electron chi connectivity index (χ4n) is 4.61. The molecule has 4 nitrogen and oxygen atoms in total. The largest absolute Gasteiger partial charge is 0.508 e. The lowest BCUT2D eigenvalue weighted by molar-refractivity contribution is 0.121. The molecule has 1 aromatic heterocycles. The highest BCUT2D eigenvalue weighted by Gasteiger charge is 2.20. The maximum Gasteiger partial charge on any atom is 0.120 e. The highest BCUT2D eigenvalue weighted by Crippen LogP contribution is 2.42. The minimum atomic E-state index is 0.348. The number of ether oxygens (including phenoxy) is 1. The number of benzene rings is 3. The van der Waals surface area contributed by atoms with Gasteiger partial charge in [0.1, 0.15) is 15.3 Å². The zero-order valence-electron chi connectivity index (χ0n) is 20.6. The molecule has 186 valence electrons. The van der Waals surface area contributed by atoms with Crippen LogP contribution < -0.4 is 4.74 Å². The van der Waals surface area contributed by atoms with Gasteiger partial charge in [0.05, 0.1) is 12.0 Å². The Hall–Kier alpha value is -2.55. The summed E-state index contributed by atoms with van der Waals surface area (Å²) < 4.78 is 6.17. The molecule has 5 rings (SSSR count). The SMILES string of the molecule is COc1ccc(CN2CCN(Cc3cc(-c4c(-c5ccc(C)cc5)ssc4=S)ccc3O)CC2)cc1. The Balaban J connectivity index is 1.28. The summed E-state index contributed by atoms with van der Waals surface area (Å²) in [4.78, 5) is 6.11. The molecule has 2 heterocycles. The summed E-state index contributed by atoms with van der Waals surface area (Å²) >= 11 is 5.74. The van der Waals surface area contributed by atoms with Crippen LogP contribution in [-0.2, 0) is 13.1 Å². The van der Waals surface area contributed by atoms with Crippen LogP contribution in [0.5, 0.6) is 11.5 Å². The molecule has 0 atom stereocenters. The van der Waals surface area contributed by atoms with Crippen LogP contribution in [0.1, 0.15) is 16.7 Å². The first-order chi connectivity index (χ1) is 17.5. The molecule has 0 radical (unpaired) electrons. The third-order valence-electron chi connectivity index (χ3n) is 6.74. The van der Waals surface area contributed by atoms with E-state index < -0.39 is 0 Å². The van der Waals surface area contributed by atoms with Gasteiger partial charge in [0.25, 0.3) is 0 Å². The number of hydrogen-bond donors (Lipinski definition) is 1. The summed E-state index contributed by atoms with van der Waals surface area (Å²) in [5.74, 6) is 1.24. The van der Waals surface area contributed by atoms with Crippen molar-refractivity contribution in [1.29, 1.82) is 0 Å². The van der Waals surface area contributed by atoms with Crippen LogP contribution in [0.4, 0.5) is 0 Å². The Bertz CT molecular complexity index is 1370. The van der Waals surface area contributed by atoms with E-state index in [1.165, 1.54) is 21.6 Å². The van der Waals surface area contributed by atoms with Crippen molar-refractivity contribution in [2.24, 2.45) is 0 Å². The molecular weight excluding hydrogens is 505 g/mol. The lowest BCUT2D eigenvalue weighted by atomic mass is 10.0. The van der Waals surface area contributed by atoms with Crippen molar-refractivity contribution < 1.29 is 9.84 Å². The number of nitrogens with zero attached hydrogens (tertiary/aromatic N) is 2. The number of rotatable bonds is 7. The first-order valence-electron chi connectivity index (χ1n) is 12.1. The van der Waals surface area contributed by atoms with Crippen LogP contribution in [0.15, 0.2) is 66.7 Å². The van der Waals surface area contributed by atoms with Crippen molar-refractivity contribution in [3.05, 3.63) is 87.2 Å². The van der Waals surface area contributed by atoms with Crippen LogP contribution in [-0.4, -0.2) is 48.2 Å². The molecule has 4 aromatic rings. The molecule has 0 aliphatic carbocycles. The second-order valence-electron chi connectivity index (χ2n) is 9.27. The van der Waals surface area contributed by atoms with Crippen molar-refractivity contribution in [3.63, 3.8) is 0 Å². The van der Waals surface area contributed by atoms with E-state index in [-0.39, 0.29) is 0 Å². The topological polar surface area (TPSA) is 35.9 Å². The number of phenols is 1. The van der Waals surface area contributed by atoms with Gasteiger partial charge in [-0.05, 0) is 47.9 Å². The van der Waals surface area contributed by atoms with E-state index >= 15 is 0 Å². The molecule has 0 amide bonds. The van der Waals surface area contributed by atoms with Gasteiger partial charge >= 0.3 is 0 Å². The Kier molecular flexibility index (Phi) is 7.84. The van der Waals surface area contributed by atoms with Gasteiger partial charge < -0.3 is 9.84 Å². The van der Waals surface area contributed by atoms with Crippen LogP contribution in [0.2, 0.25) is 0 Å². The predicted molar refractivity (Wildman–Crippen MR) is 154 cm³/mol. The highest BCUT2D eigenvalue weighted by molar-refractivity contribution is 7.80. The van der Waals surface area contributed by atoms with E-state index in [9.17, 15) is 5.11 Å². The molecule has 0 unspecified atom stereocenters. The second kappa shape index (κ2) is 11.2. The van der Waals surface area contributed by atoms with E-state index in [2.05, 4.69) is 59.2 Å². The van der Waals surface area contributed by atoms with E-state index in [0.717, 1.165) is 65.5 Å². The van der Waals surface area contributed by atoms with Gasteiger partial charge in [-0.3, -0.25) is 9.80 Å². The molecule has 0 spiro atoms. The number of methoxy groups -OCH3 is 1. The summed E-state index contributed by atoms with van der Waals surface area (Å²) in [7, 11) is 5.07. The summed E-state index contributed by atoms with van der Waals surface area (Å²) in [6, 6.07) is 22.9. The summed E-state index contributed by atoms with van der Waals surface area (Å²) in [5.41, 5.74) is 6.88. The Morgan fingerprint density at radius 3 is 2.14 bits per heavy atom. The first kappa shape index (κ1) is 25.1. The fourth-order valence-corrected chi connectivity index (χ4v) is 7.52. The average Bonchev–Trinajstić information content (AvgIpc) is 3.28. The third kappa shape index (κ3) is 5.71. The molecule has 0 saturated carbocycles. The summed E-state index contributed by atoms with van der Waals surface area (Å²) in [6.07, 6.45) is 0. The fraction of sp³-hybridized carbons (Fsp3) is 0.276. The average molecular weight is 535 g/mol. The van der Waals surface area contributed by atoms with Gasteiger partial charge in [-0.2, -0.15) is 0 Å². The summed E-state index contributed by atoms with van der Waals surface area (Å²) in [6.45, 7) is 7.74. The standard InChI is InChI=1S/C29H30N2O2S3/c1-20-3-7-22(8-4-20)28-27(29(34)36-35-28)23-9-12-26(32)24(17-23)19-31-15-13-30(14-16-31)18-21-5-10-25(33-2)11-6-21/h3-12,17,32H,13-16,18-19H2,1-2H3. The molecule has 1 N–H and O–H groups in total. The number of aromatic hydroxyl groups is 1. The minimum absolute atomic E-state index is 0.348. The lowest BCUT2D eigenvalue weighted by Crippen LogP contribution is -2.45. The normalized spacial score (nSPS) is 14.7. The van der Waals surface area contributed by atoms with Crippen molar-refractivity contribution in [2.75, 3.05) is 33.3 Å². The molecule has 1 aliphatic rings. The van der Waals surface area contributed by atoms with E-state index in [0.29, 0.717) is 5.75 Å². The van der Waals surface area contributed by atoms with Crippen molar-refractivity contribution in [2.45, 2.75) is 20.0 Å². The lowest BCUT2D eigenvalue weighted by Gasteiger charge is -2.35. The van der Waals surface area contributed by atoms with Crippen LogP contribution in [0.25, 0.3) is 21.6 Å². The first-order valence-corrected chi connectivity index (χ1v) is 14.7. The Morgan fingerprint density at radius 2 is 1.47 bits per heavy atom. The second-order valence-corrected chi connectivity index (χ2v) is 12.1. The molecule has 0 bridgehead atoms. The zero-order valence-corrected chi connectivity index (χ0v) is 23.0. The zero-order chi connectivity index (χ0) is 25.1. The Labute approximate surface area is 225 Å². The van der Waals surface area contributed by atoms with E-state index in [1.54, 1.807) is 27.8 Å². The van der Waals surface area contributed by atoms with Crippen molar-refractivity contribution >= 4 is 32.9 Å². The molecular formula is C29H30N2O2S3. The van der Waals surface area contributed by atoms with Crippen molar-refractivity contribution in [1.82, 2.24) is 9.80 Å². The van der Waals surface area contributed by atoms with E-state index in [1.807, 2.05) is 24.3 Å². The minimum Gasteiger partial charge on any atom is -0.508 e. The number of piperazine rings is 1. The van der Waals surface area contributed by atoms with Gasteiger partial charge in [0.2, 0.25) is 0 Å². The maximum absolute atomic E-state index is 10.7. The van der Waals surface area contributed by atoms with E-state index in [4.69, 9.17) is 17.0 Å². The molecule has 1 fully saturated rings. The van der Waals surface area contributed by atoms with Crippen LogP contribution in [0.3, 0.4) is 0 Å². The molecule has 36 heavy (non-hydrogen) atoms. The van der Waals surface area contributed by atoms with Crippen molar-refractivity contribution in [3.8, 4) is 33.1 Å². The van der Waals surface area contributed by atoms with Crippen LogP contribution >= 0.6 is 32.9 Å². The Morgan fingerprint density at radius 1 is 0.833 bits per heavy atom. The third-order valence-corrected chi connectivity index (χ3v) is 9.80. The van der Waals surface area contributed by atoms with Gasteiger partial charge in [-0.25, -0.2) is 0 Å². The molecule has 1 saturated heterocycles. The van der Waals surface area contributed by atoms with Gasteiger partial charge in [-0.15, -0.1) is 0 Å². The smallest absolute Gasteiger partial charge is 0.120 e. The number of hydrogen-bond acceptors (Lipinski definition) is 7. The number of aryl methyl sites for hydroxylation is 1. The molecule has 3 aromatic carbocycles.